The fourth-order valence-corrected chi connectivity index (χ4v) is 3.48. The number of anilines is 3. The lowest BCUT2D eigenvalue weighted by molar-refractivity contribution is -0.137. The first kappa shape index (κ1) is 20.3. The summed E-state index contributed by atoms with van der Waals surface area (Å²) in [6.07, 6.45) is 3.53. The fraction of sp³-hybridized carbons (Fsp3) is 0.421. The van der Waals surface area contributed by atoms with Crippen molar-refractivity contribution in [3.05, 3.63) is 41.4 Å². The van der Waals surface area contributed by atoms with Gasteiger partial charge in [0.15, 0.2) is 0 Å². The van der Waals surface area contributed by atoms with Crippen LogP contribution in [-0.2, 0) is 4.79 Å². The van der Waals surface area contributed by atoms with Gasteiger partial charge < -0.3 is 20.2 Å². The lowest BCUT2D eigenvalue weighted by Crippen LogP contribution is -2.44. The largest absolute Gasteiger partial charge is 0.481 e. The Labute approximate surface area is 168 Å². The molecule has 0 bridgehead atoms. The van der Waals surface area contributed by atoms with Crippen LogP contribution in [0.1, 0.15) is 19.3 Å². The van der Waals surface area contributed by atoms with E-state index in [1.165, 1.54) is 18.5 Å². The van der Waals surface area contributed by atoms with Gasteiger partial charge >= 0.3 is 5.97 Å². The molecule has 9 heteroatoms. The highest BCUT2D eigenvalue weighted by Gasteiger charge is 2.23. The number of rotatable bonds is 7. The molecule has 1 saturated heterocycles. The van der Waals surface area contributed by atoms with Crippen molar-refractivity contribution in [3.63, 3.8) is 0 Å². The number of piperidine rings is 1. The molecule has 1 aromatic carbocycles. The minimum absolute atomic E-state index is 0.0494. The van der Waals surface area contributed by atoms with Crippen LogP contribution in [0.25, 0.3) is 0 Å². The topological polar surface area (TPSA) is 81.6 Å². The zero-order valence-electron chi connectivity index (χ0n) is 15.6. The minimum Gasteiger partial charge on any atom is -0.481 e. The van der Waals surface area contributed by atoms with Crippen LogP contribution < -0.4 is 10.2 Å². The van der Waals surface area contributed by atoms with Gasteiger partial charge in [0.05, 0.1) is 11.4 Å². The zero-order chi connectivity index (χ0) is 20.1. The van der Waals surface area contributed by atoms with E-state index in [9.17, 15) is 9.18 Å². The molecule has 0 unspecified atom stereocenters. The Bertz CT molecular complexity index is 830. The molecule has 0 saturated carbocycles. The Morgan fingerprint density at radius 1 is 1.36 bits per heavy atom. The average Bonchev–Trinajstić information content (AvgIpc) is 2.69. The fourth-order valence-electron chi connectivity index (χ4n) is 3.30. The summed E-state index contributed by atoms with van der Waals surface area (Å²) in [5.74, 6) is 0.185. The van der Waals surface area contributed by atoms with Gasteiger partial charge in [0, 0.05) is 37.4 Å². The first-order valence-corrected chi connectivity index (χ1v) is 9.51. The van der Waals surface area contributed by atoms with Crippen LogP contribution in [-0.4, -0.2) is 58.7 Å². The van der Waals surface area contributed by atoms with Gasteiger partial charge in [0.1, 0.15) is 23.8 Å². The van der Waals surface area contributed by atoms with Gasteiger partial charge in [-0.3, -0.25) is 4.79 Å². The molecule has 2 heterocycles. The number of benzene rings is 1. The van der Waals surface area contributed by atoms with E-state index < -0.39 is 11.8 Å². The first-order valence-electron chi connectivity index (χ1n) is 9.13. The van der Waals surface area contributed by atoms with E-state index in [0.717, 1.165) is 31.7 Å². The summed E-state index contributed by atoms with van der Waals surface area (Å²) in [6.45, 7) is 2.23. The summed E-state index contributed by atoms with van der Waals surface area (Å²) >= 11 is 5.82. The molecule has 0 spiro atoms. The van der Waals surface area contributed by atoms with Gasteiger partial charge in [-0.15, -0.1) is 0 Å². The van der Waals surface area contributed by atoms with Crippen LogP contribution in [0.2, 0.25) is 5.02 Å². The maximum Gasteiger partial charge on any atom is 0.304 e. The van der Waals surface area contributed by atoms with Crippen LogP contribution in [0.4, 0.5) is 21.7 Å². The summed E-state index contributed by atoms with van der Waals surface area (Å²) in [4.78, 5) is 23.6. The van der Waals surface area contributed by atoms with Crippen LogP contribution in [0.5, 0.6) is 0 Å². The number of carboxylic acid groups (broad SMARTS) is 1. The van der Waals surface area contributed by atoms with E-state index in [0.29, 0.717) is 24.1 Å². The molecule has 28 heavy (non-hydrogen) atoms. The summed E-state index contributed by atoms with van der Waals surface area (Å²) in [5.41, 5.74) is 0.648. The molecule has 2 aromatic rings. The van der Waals surface area contributed by atoms with Crippen molar-refractivity contribution in [1.82, 2.24) is 14.9 Å². The Morgan fingerprint density at radius 2 is 2.11 bits per heavy atom. The summed E-state index contributed by atoms with van der Waals surface area (Å²) in [7, 11) is 1.98. The van der Waals surface area contributed by atoms with Gasteiger partial charge in [-0.05, 0) is 38.1 Å². The first-order chi connectivity index (χ1) is 13.4. The number of halogens is 2. The molecular formula is C19H23ClFN5O2. The van der Waals surface area contributed by atoms with Gasteiger partial charge in [0.25, 0.3) is 0 Å². The van der Waals surface area contributed by atoms with Crippen molar-refractivity contribution in [3.8, 4) is 0 Å². The molecule has 0 amide bonds. The monoisotopic (exact) mass is 407 g/mol. The predicted molar refractivity (Wildman–Crippen MR) is 107 cm³/mol. The molecule has 1 aromatic heterocycles. The van der Waals surface area contributed by atoms with Gasteiger partial charge in [-0.2, -0.15) is 0 Å². The second kappa shape index (κ2) is 9.16. The van der Waals surface area contributed by atoms with Crippen molar-refractivity contribution >= 4 is 34.9 Å². The van der Waals surface area contributed by atoms with E-state index >= 15 is 0 Å². The SMILES string of the molecule is CN(CCC(=O)O)C1CCN(c2cc(Nc3ccc(F)c(Cl)c3)ncn2)CC1. The van der Waals surface area contributed by atoms with Crippen LogP contribution in [0.15, 0.2) is 30.6 Å². The minimum atomic E-state index is -0.771. The zero-order valence-corrected chi connectivity index (χ0v) is 16.4. The van der Waals surface area contributed by atoms with E-state index in [-0.39, 0.29) is 11.4 Å². The second-order valence-corrected chi connectivity index (χ2v) is 7.27. The smallest absolute Gasteiger partial charge is 0.304 e. The maximum atomic E-state index is 13.3. The maximum absolute atomic E-state index is 13.3. The number of nitrogens with zero attached hydrogens (tertiary/aromatic N) is 4. The van der Waals surface area contributed by atoms with Crippen molar-refractivity contribution < 1.29 is 14.3 Å². The number of aromatic nitrogens is 2. The number of hydrogen-bond donors (Lipinski definition) is 2. The Kier molecular flexibility index (Phi) is 6.64. The van der Waals surface area contributed by atoms with Crippen molar-refractivity contribution in [2.24, 2.45) is 0 Å². The highest BCUT2D eigenvalue weighted by molar-refractivity contribution is 6.31. The Balaban J connectivity index is 1.59. The highest BCUT2D eigenvalue weighted by Crippen LogP contribution is 2.25. The van der Waals surface area contributed by atoms with Crippen LogP contribution in [0, 0.1) is 5.82 Å². The quantitative estimate of drug-likeness (QED) is 0.728. The molecule has 1 fully saturated rings. The molecule has 0 aliphatic carbocycles. The molecule has 3 rings (SSSR count). The Morgan fingerprint density at radius 3 is 2.79 bits per heavy atom. The highest BCUT2D eigenvalue weighted by atomic mass is 35.5. The van der Waals surface area contributed by atoms with E-state index in [2.05, 4.69) is 25.1 Å². The Hall–Kier alpha value is -2.45. The van der Waals surface area contributed by atoms with Gasteiger partial charge in [0.2, 0.25) is 0 Å². The number of hydrogen-bond acceptors (Lipinski definition) is 6. The normalized spacial score (nSPS) is 15.1. The standard InChI is InChI=1S/C19H23ClFN5O2/c1-25(7-6-19(27)28)14-4-8-26(9-5-14)18-11-17(22-12-23-18)24-13-2-3-16(21)15(20)10-13/h2-3,10-12,14H,4-9H2,1H3,(H,27,28)(H,22,23,24). The second-order valence-electron chi connectivity index (χ2n) is 6.86. The molecule has 2 N–H and O–H groups in total. The van der Waals surface area contributed by atoms with E-state index in [1.54, 1.807) is 6.07 Å². The third kappa shape index (κ3) is 5.30. The van der Waals surface area contributed by atoms with E-state index in [4.69, 9.17) is 16.7 Å². The van der Waals surface area contributed by atoms with Crippen LogP contribution in [0.3, 0.4) is 0 Å². The van der Waals surface area contributed by atoms with Crippen LogP contribution >= 0.6 is 11.6 Å². The van der Waals surface area contributed by atoms with Crippen molar-refractivity contribution in [2.75, 3.05) is 36.9 Å². The molecule has 0 radical (unpaired) electrons. The molecule has 150 valence electrons. The molecule has 1 aliphatic rings. The number of aliphatic carboxylic acids is 1. The molecule has 7 nitrogen and oxygen atoms in total. The lowest BCUT2D eigenvalue weighted by atomic mass is 10.0. The third-order valence-electron chi connectivity index (χ3n) is 4.93. The molecular weight excluding hydrogens is 385 g/mol. The van der Waals surface area contributed by atoms with Gasteiger partial charge in [-0.25, -0.2) is 14.4 Å². The van der Waals surface area contributed by atoms with E-state index in [1.807, 2.05) is 13.1 Å². The van der Waals surface area contributed by atoms with Crippen molar-refractivity contribution in [1.29, 1.82) is 0 Å². The summed E-state index contributed by atoms with van der Waals surface area (Å²) in [6, 6.07) is 6.64. The van der Waals surface area contributed by atoms with Crippen molar-refractivity contribution in [2.45, 2.75) is 25.3 Å². The summed E-state index contributed by atoms with van der Waals surface area (Å²) < 4.78 is 13.3. The lowest BCUT2D eigenvalue weighted by Gasteiger charge is -2.37. The molecule has 0 atom stereocenters. The molecule has 1 aliphatic heterocycles. The van der Waals surface area contributed by atoms with Gasteiger partial charge in [-0.1, -0.05) is 11.6 Å². The number of carboxylic acids is 1. The average molecular weight is 408 g/mol. The number of carbonyl (C=O) groups is 1. The summed E-state index contributed by atoms with van der Waals surface area (Å²) in [5, 5.41) is 12.0. The third-order valence-corrected chi connectivity index (χ3v) is 5.22. The predicted octanol–water partition coefficient (Wildman–Crippen LogP) is 3.39. The number of nitrogens with one attached hydrogen (secondary N) is 1.